The van der Waals surface area contributed by atoms with E-state index in [1.165, 1.54) is 6.21 Å². The molecule has 14 heavy (non-hydrogen) atoms. The maximum absolute atomic E-state index is 8.51. The van der Waals surface area contributed by atoms with E-state index in [1.807, 2.05) is 27.9 Å². The van der Waals surface area contributed by atoms with Crippen molar-refractivity contribution in [3.63, 3.8) is 0 Å². The third kappa shape index (κ3) is 2.05. The van der Waals surface area contributed by atoms with Gasteiger partial charge in [-0.15, -0.1) is 0 Å². The number of anilines is 1. The van der Waals surface area contributed by atoms with Gasteiger partial charge < -0.3 is 10.1 Å². The van der Waals surface area contributed by atoms with E-state index in [0.717, 1.165) is 22.4 Å². The second-order valence-corrected chi connectivity index (χ2v) is 3.63. The highest BCUT2D eigenvalue weighted by Crippen LogP contribution is 2.20. The molecule has 0 aromatic heterocycles. The summed E-state index contributed by atoms with van der Waals surface area (Å²) < 4.78 is 0. The van der Waals surface area contributed by atoms with E-state index in [1.54, 1.807) is 0 Å². The van der Waals surface area contributed by atoms with Crippen molar-refractivity contribution in [1.29, 1.82) is 0 Å². The lowest BCUT2D eigenvalue weighted by Gasteiger charge is -2.15. The average Bonchev–Trinajstić information content (AvgIpc) is 2.10. The first-order valence-corrected chi connectivity index (χ1v) is 4.52. The Labute approximate surface area is 84.7 Å². The molecule has 0 aliphatic rings. The molecule has 0 saturated carbocycles. The van der Waals surface area contributed by atoms with Gasteiger partial charge in [0.2, 0.25) is 0 Å². The van der Waals surface area contributed by atoms with Gasteiger partial charge in [-0.1, -0.05) is 5.16 Å². The lowest BCUT2D eigenvalue weighted by molar-refractivity contribution is 0.322. The summed E-state index contributed by atoms with van der Waals surface area (Å²) in [6, 6.07) is 4.15. The predicted molar refractivity (Wildman–Crippen MR) is 59.6 cm³/mol. The normalized spacial score (nSPS) is 10.9. The molecule has 0 fully saturated rings. The van der Waals surface area contributed by atoms with E-state index in [9.17, 15) is 0 Å². The maximum atomic E-state index is 8.51. The average molecular weight is 192 g/mol. The van der Waals surface area contributed by atoms with Gasteiger partial charge >= 0.3 is 0 Å². The van der Waals surface area contributed by atoms with Crippen molar-refractivity contribution in [3.8, 4) is 0 Å². The fraction of sp³-hybridized carbons (Fsp3) is 0.364. The van der Waals surface area contributed by atoms with Crippen LogP contribution in [0.25, 0.3) is 0 Å². The van der Waals surface area contributed by atoms with Crippen LogP contribution in [-0.2, 0) is 0 Å². The van der Waals surface area contributed by atoms with Gasteiger partial charge in [-0.2, -0.15) is 0 Å². The third-order valence-corrected chi connectivity index (χ3v) is 2.28. The van der Waals surface area contributed by atoms with Crippen LogP contribution < -0.4 is 4.90 Å². The highest BCUT2D eigenvalue weighted by molar-refractivity contribution is 5.84. The van der Waals surface area contributed by atoms with Gasteiger partial charge in [-0.05, 0) is 37.1 Å². The minimum atomic E-state index is 0.984. The van der Waals surface area contributed by atoms with E-state index in [4.69, 9.17) is 5.21 Å². The van der Waals surface area contributed by atoms with Gasteiger partial charge in [0.1, 0.15) is 0 Å². The van der Waals surface area contributed by atoms with Gasteiger partial charge in [0, 0.05) is 25.3 Å². The molecule has 0 saturated heterocycles. The molecule has 1 aromatic rings. The zero-order valence-electron chi connectivity index (χ0n) is 9.07. The van der Waals surface area contributed by atoms with Crippen LogP contribution in [0.4, 0.5) is 5.69 Å². The SMILES string of the molecule is Cc1cc(N(C)C)cc(C)c1C=NO. The van der Waals surface area contributed by atoms with Crippen molar-refractivity contribution in [2.24, 2.45) is 5.16 Å². The van der Waals surface area contributed by atoms with Crippen LogP contribution in [0.3, 0.4) is 0 Å². The summed E-state index contributed by atoms with van der Waals surface area (Å²) in [5.74, 6) is 0. The number of rotatable bonds is 2. The highest BCUT2D eigenvalue weighted by Gasteiger charge is 2.04. The van der Waals surface area contributed by atoms with Crippen molar-refractivity contribution in [2.45, 2.75) is 13.8 Å². The summed E-state index contributed by atoms with van der Waals surface area (Å²) >= 11 is 0. The van der Waals surface area contributed by atoms with Gasteiger partial charge in [0.05, 0.1) is 6.21 Å². The zero-order valence-corrected chi connectivity index (χ0v) is 9.07. The number of hydrogen-bond acceptors (Lipinski definition) is 3. The molecule has 1 N–H and O–H groups in total. The molecular formula is C11H16N2O. The summed E-state index contributed by atoms with van der Waals surface area (Å²) in [6.07, 6.45) is 1.48. The van der Waals surface area contributed by atoms with Crippen LogP contribution in [0.15, 0.2) is 17.3 Å². The zero-order chi connectivity index (χ0) is 10.7. The van der Waals surface area contributed by atoms with Gasteiger partial charge in [0.15, 0.2) is 0 Å². The Balaban J connectivity index is 3.25. The molecule has 0 atom stereocenters. The van der Waals surface area contributed by atoms with Crippen LogP contribution >= 0.6 is 0 Å². The Morgan fingerprint density at radius 2 is 1.71 bits per heavy atom. The summed E-state index contributed by atoms with van der Waals surface area (Å²) in [4.78, 5) is 2.06. The monoisotopic (exact) mass is 192 g/mol. The molecule has 76 valence electrons. The second kappa shape index (κ2) is 4.13. The Kier molecular flexibility index (Phi) is 3.12. The smallest absolute Gasteiger partial charge is 0.0739 e. The topological polar surface area (TPSA) is 35.8 Å². The van der Waals surface area contributed by atoms with Crippen molar-refractivity contribution < 1.29 is 5.21 Å². The molecule has 1 aromatic carbocycles. The second-order valence-electron chi connectivity index (χ2n) is 3.63. The number of oxime groups is 1. The number of hydrogen-bond donors (Lipinski definition) is 1. The van der Waals surface area contributed by atoms with Gasteiger partial charge in [-0.25, -0.2) is 0 Å². The molecule has 0 amide bonds. The standard InChI is InChI=1S/C11H16N2O/c1-8-5-10(13(3)4)6-9(2)11(8)7-12-14/h5-7,14H,1-4H3. The van der Waals surface area contributed by atoms with Crippen LogP contribution in [0, 0.1) is 13.8 Å². The van der Waals surface area contributed by atoms with Crippen molar-refractivity contribution >= 4 is 11.9 Å². The molecule has 0 aliphatic heterocycles. The van der Waals surface area contributed by atoms with Gasteiger partial charge in [-0.3, -0.25) is 0 Å². The number of aryl methyl sites for hydroxylation is 2. The van der Waals surface area contributed by atoms with Crippen molar-refractivity contribution in [3.05, 3.63) is 28.8 Å². The number of benzene rings is 1. The highest BCUT2D eigenvalue weighted by atomic mass is 16.4. The molecule has 3 heteroatoms. The molecule has 0 bridgehead atoms. The minimum Gasteiger partial charge on any atom is -0.411 e. The molecule has 3 nitrogen and oxygen atoms in total. The van der Waals surface area contributed by atoms with E-state index in [2.05, 4.69) is 22.2 Å². The van der Waals surface area contributed by atoms with Gasteiger partial charge in [0.25, 0.3) is 0 Å². The minimum absolute atomic E-state index is 0.984. The molecule has 0 aliphatic carbocycles. The van der Waals surface area contributed by atoms with Crippen molar-refractivity contribution in [1.82, 2.24) is 0 Å². The van der Waals surface area contributed by atoms with Crippen LogP contribution in [0.5, 0.6) is 0 Å². The fourth-order valence-corrected chi connectivity index (χ4v) is 1.47. The van der Waals surface area contributed by atoms with Crippen LogP contribution in [-0.4, -0.2) is 25.5 Å². The Hall–Kier alpha value is -1.51. The lowest BCUT2D eigenvalue weighted by Crippen LogP contribution is -2.09. The Morgan fingerprint density at radius 3 is 2.07 bits per heavy atom. The first kappa shape index (κ1) is 10.6. The van der Waals surface area contributed by atoms with E-state index in [-0.39, 0.29) is 0 Å². The molecule has 0 spiro atoms. The van der Waals surface area contributed by atoms with E-state index in [0.29, 0.717) is 0 Å². The first-order chi connectivity index (χ1) is 6.56. The summed E-state index contributed by atoms with van der Waals surface area (Å²) in [6.45, 7) is 4.02. The molecule has 0 radical (unpaired) electrons. The summed E-state index contributed by atoms with van der Waals surface area (Å²) in [5.41, 5.74) is 4.38. The predicted octanol–water partition coefficient (Wildman–Crippen LogP) is 2.18. The quantitative estimate of drug-likeness (QED) is 0.443. The molecule has 1 rings (SSSR count). The Morgan fingerprint density at radius 1 is 1.21 bits per heavy atom. The first-order valence-electron chi connectivity index (χ1n) is 4.52. The molecular weight excluding hydrogens is 176 g/mol. The number of nitrogens with zero attached hydrogens (tertiary/aromatic N) is 2. The summed E-state index contributed by atoms with van der Waals surface area (Å²) in [5, 5.41) is 11.6. The fourth-order valence-electron chi connectivity index (χ4n) is 1.47. The molecule has 0 unspecified atom stereocenters. The lowest BCUT2D eigenvalue weighted by atomic mass is 10.0. The van der Waals surface area contributed by atoms with Crippen molar-refractivity contribution in [2.75, 3.05) is 19.0 Å². The third-order valence-electron chi connectivity index (χ3n) is 2.28. The Bertz CT molecular complexity index is 333. The van der Waals surface area contributed by atoms with E-state index >= 15 is 0 Å². The summed E-state index contributed by atoms with van der Waals surface area (Å²) in [7, 11) is 4.02. The maximum Gasteiger partial charge on any atom is 0.0739 e. The van der Waals surface area contributed by atoms with Crippen LogP contribution in [0.2, 0.25) is 0 Å². The van der Waals surface area contributed by atoms with E-state index < -0.39 is 0 Å². The largest absolute Gasteiger partial charge is 0.411 e. The molecule has 0 heterocycles. The van der Waals surface area contributed by atoms with Crippen LogP contribution in [0.1, 0.15) is 16.7 Å².